The molecule has 0 bridgehead atoms. The van der Waals surface area contributed by atoms with Crippen LogP contribution in [0.2, 0.25) is 0 Å². The Bertz CT molecular complexity index is 341. The first-order chi connectivity index (χ1) is 6.22. The second kappa shape index (κ2) is 3.34. The number of methoxy groups -OCH3 is 1. The van der Waals surface area contributed by atoms with Crippen LogP contribution >= 0.6 is 22.6 Å². The summed E-state index contributed by atoms with van der Waals surface area (Å²) in [5.74, 6) is 1.75. The molecule has 1 atom stereocenters. The highest BCUT2D eigenvalue weighted by Crippen LogP contribution is 2.36. The third kappa shape index (κ3) is 1.48. The average Bonchev–Trinajstić information content (AvgIpc) is 2.46. The highest BCUT2D eigenvalue weighted by atomic mass is 127. The van der Waals surface area contributed by atoms with E-state index in [1.165, 1.54) is 0 Å². The molecule has 0 saturated heterocycles. The molecule has 0 aliphatic carbocycles. The van der Waals surface area contributed by atoms with E-state index in [9.17, 15) is 0 Å². The van der Waals surface area contributed by atoms with E-state index in [1.807, 2.05) is 12.1 Å². The van der Waals surface area contributed by atoms with E-state index in [-0.39, 0.29) is 6.04 Å². The lowest BCUT2D eigenvalue weighted by Crippen LogP contribution is -2.10. The van der Waals surface area contributed by atoms with Gasteiger partial charge in [-0.2, -0.15) is 0 Å². The molecule has 0 amide bonds. The van der Waals surface area contributed by atoms with Gasteiger partial charge in [0.2, 0.25) is 0 Å². The molecule has 1 heterocycles. The van der Waals surface area contributed by atoms with Gasteiger partial charge in [0, 0.05) is 5.56 Å². The van der Waals surface area contributed by atoms with Gasteiger partial charge < -0.3 is 15.2 Å². The normalized spacial score (nSPS) is 19.5. The second-order valence-corrected chi connectivity index (χ2v) is 4.10. The van der Waals surface area contributed by atoms with E-state index in [0.717, 1.165) is 20.6 Å². The number of rotatable bonds is 1. The van der Waals surface area contributed by atoms with Gasteiger partial charge in [-0.25, -0.2) is 0 Å². The fraction of sp³-hybridized carbons (Fsp3) is 0.333. The fourth-order valence-corrected chi connectivity index (χ4v) is 2.05. The number of benzene rings is 1. The molecule has 13 heavy (non-hydrogen) atoms. The van der Waals surface area contributed by atoms with Crippen LogP contribution in [0.3, 0.4) is 0 Å². The predicted octanol–water partition coefficient (Wildman–Crippen LogP) is 1.69. The van der Waals surface area contributed by atoms with Crippen molar-refractivity contribution in [2.24, 2.45) is 5.73 Å². The zero-order valence-corrected chi connectivity index (χ0v) is 9.37. The van der Waals surface area contributed by atoms with Gasteiger partial charge in [-0.15, -0.1) is 0 Å². The van der Waals surface area contributed by atoms with Crippen LogP contribution in [0.1, 0.15) is 11.6 Å². The predicted molar refractivity (Wildman–Crippen MR) is 58.1 cm³/mol. The molecule has 0 spiro atoms. The van der Waals surface area contributed by atoms with Gasteiger partial charge in [-0.05, 0) is 34.7 Å². The maximum absolute atomic E-state index is 5.84. The molecule has 2 N–H and O–H groups in total. The van der Waals surface area contributed by atoms with Crippen LogP contribution in [0.5, 0.6) is 11.5 Å². The Morgan fingerprint density at radius 1 is 1.62 bits per heavy atom. The number of nitrogens with two attached hydrogens (primary N) is 1. The minimum Gasteiger partial charge on any atom is -0.496 e. The fourth-order valence-electron chi connectivity index (χ4n) is 1.39. The van der Waals surface area contributed by atoms with Crippen molar-refractivity contribution >= 4 is 22.6 Å². The van der Waals surface area contributed by atoms with Crippen LogP contribution < -0.4 is 15.2 Å². The van der Waals surface area contributed by atoms with Crippen molar-refractivity contribution in [2.75, 3.05) is 13.7 Å². The Morgan fingerprint density at radius 2 is 2.38 bits per heavy atom. The number of fused-ring (bicyclic) bond motifs is 1. The van der Waals surface area contributed by atoms with Crippen LogP contribution in [0.4, 0.5) is 0 Å². The van der Waals surface area contributed by atoms with Crippen molar-refractivity contribution in [2.45, 2.75) is 6.04 Å². The summed E-state index contributed by atoms with van der Waals surface area (Å²) in [7, 11) is 1.66. The first-order valence-corrected chi connectivity index (χ1v) is 5.06. The summed E-state index contributed by atoms with van der Waals surface area (Å²) in [5, 5.41) is 0. The summed E-state index contributed by atoms with van der Waals surface area (Å²) in [6.45, 7) is 0.568. The maximum Gasteiger partial charge on any atom is 0.132 e. The zero-order chi connectivity index (χ0) is 9.42. The Morgan fingerprint density at radius 3 is 3.08 bits per heavy atom. The van der Waals surface area contributed by atoms with Crippen molar-refractivity contribution in [1.29, 1.82) is 0 Å². The number of ether oxygens (including phenoxy) is 2. The molecule has 1 aromatic rings. The Balaban J connectivity index is 2.51. The molecule has 1 aliphatic heterocycles. The van der Waals surface area contributed by atoms with Crippen molar-refractivity contribution in [3.8, 4) is 11.5 Å². The standard InChI is InChI=1S/C9H10INO2/c1-12-9-2-5-7(11)4-13-8(5)3-6(9)10/h2-3,7H,4,11H2,1H3/t7-/m1/s1. The molecule has 0 unspecified atom stereocenters. The van der Waals surface area contributed by atoms with Gasteiger partial charge in [-0.3, -0.25) is 0 Å². The SMILES string of the molecule is COc1cc2c(cc1I)OC[C@H]2N. The number of halogens is 1. The van der Waals surface area contributed by atoms with Crippen LogP contribution in [0, 0.1) is 3.57 Å². The molecular weight excluding hydrogens is 281 g/mol. The summed E-state index contributed by atoms with van der Waals surface area (Å²) in [6, 6.07) is 3.90. The molecule has 0 fully saturated rings. The van der Waals surface area contributed by atoms with Crippen LogP contribution in [-0.4, -0.2) is 13.7 Å². The Kier molecular flexibility index (Phi) is 2.33. The lowest BCUT2D eigenvalue weighted by molar-refractivity contribution is 0.333. The lowest BCUT2D eigenvalue weighted by Gasteiger charge is -2.06. The first-order valence-electron chi connectivity index (χ1n) is 3.98. The van der Waals surface area contributed by atoms with Crippen molar-refractivity contribution < 1.29 is 9.47 Å². The molecule has 4 heteroatoms. The van der Waals surface area contributed by atoms with Gasteiger partial charge >= 0.3 is 0 Å². The Hall–Kier alpha value is -0.490. The minimum atomic E-state index is -0.0131. The molecule has 1 aliphatic rings. The van der Waals surface area contributed by atoms with Crippen molar-refractivity contribution in [3.63, 3.8) is 0 Å². The van der Waals surface area contributed by atoms with E-state index >= 15 is 0 Å². The molecular formula is C9H10INO2. The van der Waals surface area contributed by atoms with E-state index in [4.69, 9.17) is 15.2 Å². The third-order valence-electron chi connectivity index (χ3n) is 2.10. The number of hydrogen-bond donors (Lipinski definition) is 1. The largest absolute Gasteiger partial charge is 0.496 e. The molecule has 3 nitrogen and oxygen atoms in total. The van der Waals surface area contributed by atoms with E-state index in [2.05, 4.69) is 22.6 Å². The van der Waals surface area contributed by atoms with Crippen molar-refractivity contribution in [3.05, 3.63) is 21.3 Å². The van der Waals surface area contributed by atoms with Crippen LogP contribution in [0.25, 0.3) is 0 Å². The highest BCUT2D eigenvalue weighted by Gasteiger charge is 2.22. The molecule has 2 rings (SSSR count). The summed E-state index contributed by atoms with van der Waals surface area (Å²) in [4.78, 5) is 0. The smallest absolute Gasteiger partial charge is 0.132 e. The summed E-state index contributed by atoms with van der Waals surface area (Å²) < 4.78 is 11.7. The zero-order valence-electron chi connectivity index (χ0n) is 7.21. The van der Waals surface area contributed by atoms with Gasteiger partial charge in [0.15, 0.2) is 0 Å². The summed E-state index contributed by atoms with van der Waals surface area (Å²) >= 11 is 2.22. The second-order valence-electron chi connectivity index (χ2n) is 2.94. The van der Waals surface area contributed by atoms with Gasteiger partial charge in [0.05, 0.1) is 16.7 Å². The summed E-state index contributed by atoms with van der Waals surface area (Å²) in [6.07, 6.45) is 0. The van der Waals surface area contributed by atoms with Gasteiger partial charge in [0.25, 0.3) is 0 Å². The first kappa shape index (κ1) is 9.08. The topological polar surface area (TPSA) is 44.5 Å². The highest BCUT2D eigenvalue weighted by molar-refractivity contribution is 14.1. The molecule has 0 saturated carbocycles. The lowest BCUT2D eigenvalue weighted by atomic mass is 10.1. The van der Waals surface area contributed by atoms with E-state index < -0.39 is 0 Å². The summed E-state index contributed by atoms with van der Waals surface area (Å²) in [5.41, 5.74) is 6.88. The van der Waals surface area contributed by atoms with Crippen LogP contribution in [0.15, 0.2) is 12.1 Å². The molecule has 0 radical (unpaired) electrons. The monoisotopic (exact) mass is 291 g/mol. The van der Waals surface area contributed by atoms with Gasteiger partial charge in [0.1, 0.15) is 18.1 Å². The van der Waals surface area contributed by atoms with E-state index in [1.54, 1.807) is 7.11 Å². The maximum atomic E-state index is 5.84. The number of hydrogen-bond acceptors (Lipinski definition) is 3. The minimum absolute atomic E-state index is 0.0131. The molecule has 1 aromatic carbocycles. The van der Waals surface area contributed by atoms with Crippen molar-refractivity contribution in [1.82, 2.24) is 0 Å². The van der Waals surface area contributed by atoms with Gasteiger partial charge in [-0.1, -0.05) is 0 Å². The quantitative estimate of drug-likeness (QED) is 0.801. The average molecular weight is 291 g/mol. The molecule has 0 aromatic heterocycles. The third-order valence-corrected chi connectivity index (χ3v) is 2.95. The van der Waals surface area contributed by atoms with E-state index in [0.29, 0.717) is 6.61 Å². The Labute approximate surface area is 90.3 Å². The molecule has 70 valence electrons. The van der Waals surface area contributed by atoms with Crippen LogP contribution in [-0.2, 0) is 0 Å².